The zero-order valence-electron chi connectivity index (χ0n) is 8.46. The summed E-state index contributed by atoms with van der Waals surface area (Å²) < 4.78 is 14.0. The fraction of sp³-hybridized carbons (Fsp3) is 0.364. The Morgan fingerprint density at radius 1 is 1.56 bits per heavy atom. The SMILES string of the molecule is O=C(NC1(CO)CC1)c1cc(Br)ccc1F. The van der Waals surface area contributed by atoms with Crippen LogP contribution in [-0.2, 0) is 0 Å². The lowest BCUT2D eigenvalue weighted by Crippen LogP contribution is -2.39. The van der Waals surface area contributed by atoms with E-state index in [2.05, 4.69) is 21.2 Å². The minimum atomic E-state index is -0.561. The molecular weight excluding hydrogens is 277 g/mol. The van der Waals surface area contributed by atoms with E-state index in [-0.39, 0.29) is 12.2 Å². The lowest BCUT2D eigenvalue weighted by molar-refractivity contribution is 0.0902. The topological polar surface area (TPSA) is 49.3 Å². The molecule has 0 heterocycles. The van der Waals surface area contributed by atoms with Crippen molar-refractivity contribution in [2.75, 3.05) is 6.61 Å². The molecule has 0 aromatic heterocycles. The normalized spacial score (nSPS) is 16.9. The summed E-state index contributed by atoms with van der Waals surface area (Å²) in [6.07, 6.45) is 1.48. The first kappa shape index (κ1) is 11.5. The Morgan fingerprint density at radius 3 is 2.81 bits per heavy atom. The Bertz CT molecular complexity index is 432. The molecule has 0 aliphatic heterocycles. The van der Waals surface area contributed by atoms with E-state index in [1.54, 1.807) is 0 Å². The van der Waals surface area contributed by atoms with Crippen LogP contribution in [0.5, 0.6) is 0 Å². The number of halogens is 2. The highest BCUT2D eigenvalue weighted by Crippen LogP contribution is 2.35. The smallest absolute Gasteiger partial charge is 0.254 e. The van der Waals surface area contributed by atoms with Crippen LogP contribution in [0.15, 0.2) is 22.7 Å². The summed E-state index contributed by atoms with van der Waals surface area (Å²) in [7, 11) is 0. The number of aliphatic hydroxyl groups is 1. The molecule has 0 unspecified atom stereocenters. The summed E-state index contributed by atoms with van der Waals surface area (Å²) >= 11 is 3.18. The second-order valence-electron chi connectivity index (χ2n) is 4.02. The summed E-state index contributed by atoms with van der Waals surface area (Å²) in [5.41, 5.74) is -0.527. The van der Waals surface area contributed by atoms with Gasteiger partial charge in [-0.25, -0.2) is 4.39 Å². The highest BCUT2D eigenvalue weighted by Gasteiger charge is 2.43. The van der Waals surface area contributed by atoms with Crippen LogP contribution in [-0.4, -0.2) is 23.2 Å². The van der Waals surface area contributed by atoms with Crippen LogP contribution in [0.2, 0.25) is 0 Å². The van der Waals surface area contributed by atoms with Gasteiger partial charge in [0.1, 0.15) is 5.82 Å². The summed E-state index contributed by atoms with van der Waals surface area (Å²) in [5, 5.41) is 11.7. The number of rotatable bonds is 3. The van der Waals surface area contributed by atoms with E-state index in [0.717, 1.165) is 12.8 Å². The highest BCUT2D eigenvalue weighted by molar-refractivity contribution is 9.10. The first-order chi connectivity index (χ1) is 7.56. The maximum Gasteiger partial charge on any atom is 0.254 e. The molecule has 1 saturated carbocycles. The molecule has 0 atom stereocenters. The summed E-state index contributed by atoms with van der Waals surface area (Å²) in [6.45, 7) is -0.103. The van der Waals surface area contributed by atoms with E-state index in [0.29, 0.717) is 4.47 Å². The lowest BCUT2D eigenvalue weighted by Gasteiger charge is -2.14. The summed E-state index contributed by atoms with van der Waals surface area (Å²) in [5.74, 6) is -1.04. The average Bonchev–Trinajstić information content (AvgIpc) is 3.02. The highest BCUT2D eigenvalue weighted by atomic mass is 79.9. The third-order valence-electron chi connectivity index (χ3n) is 2.71. The van der Waals surface area contributed by atoms with Gasteiger partial charge in [0.05, 0.1) is 17.7 Å². The Labute approximate surface area is 101 Å². The number of aliphatic hydroxyl groups excluding tert-OH is 1. The molecule has 1 aromatic carbocycles. The molecule has 3 nitrogen and oxygen atoms in total. The molecule has 0 saturated heterocycles. The first-order valence-corrected chi connectivity index (χ1v) is 5.74. The molecule has 0 bridgehead atoms. The van der Waals surface area contributed by atoms with E-state index < -0.39 is 17.3 Å². The number of hydrogen-bond donors (Lipinski definition) is 2. The molecular formula is C11H11BrFNO2. The molecule has 2 rings (SSSR count). The standard InChI is InChI=1S/C11H11BrFNO2/c12-7-1-2-9(13)8(5-7)10(16)14-11(6-15)3-4-11/h1-2,5,15H,3-4,6H2,(H,14,16). The van der Waals surface area contributed by atoms with Gasteiger partial charge in [0.2, 0.25) is 0 Å². The maximum absolute atomic E-state index is 13.4. The quantitative estimate of drug-likeness (QED) is 0.891. The number of benzene rings is 1. The van der Waals surface area contributed by atoms with Gasteiger partial charge in [-0.15, -0.1) is 0 Å². The van der Waals surface area contributed by atoms with Gasteiger partial charge < -0.3 is 10.4 Å². The average molecular weight is 288 g/mol. The minimum absolute atomic E-state index is 0.00546. The fourth-order valence-corrected chi connectivity index (χ4v) is 1.81. The molecule has 2 N–H and O–H groups in total. The van der Waals surface area contributed by atoms with E-state index in [1.807, 2.05) is 0 Å². The van der Waals surface area contributed by atoms with Crippen molar-refractivity contribution in [2.45, 2.75) is 18.4 Å². The van der Waals surface area contributed by atoms with Crippen molar-refractivity contribution in [2.24, 2.45) is 0 Å². The van der Waals surface area contributed by atoms with Crippen molar-refractivity contribution in [1.29, 1.82) is 0 Å². The number of amides is 1. The molecule has 1 aliphatic rings. The van der Waals surface area contributed by atoms with E-state index >= 15 is 0 Å². The van der Waals surface area contributed by atoms with Gasteiger partial charge in [0, 0.05) is 4.47 Å². The van der Waals surface area contributed by atoms with Crippen molar-refractivity contribution in [3.8, 4) is 0 Å². The predicted octanol–water partition coefficient (Wildman–Crippen LogP) is 1.84. The third-order valence-corrected chi connectivity index (χ3v) is 3.20. The molecule has 0 radical (unpaired) electrons. The zero-order chi connectivity index (χ0) is 11.8. The summed E-state index contributed by atoms with van der Waals surface area (Å²) in [6, 6.07) is 4.20. The Hall–Kier alpha value is -0.940. The van der Waals surface area contributed by atoms with Crippen LogP contribution >= 0.6 is 15.9 Å². The number of carbonyl (C=O) groups is 1. The van der Waals surface area contributed by atoms with Gasteiger partial charge in [-0.2, -0.15) is 0 Å². The van der Waals surface area contributed by atoms with Crippen molar-refractivity contribution in [3.63, 3.8) is 0 Å². The van der Waals surface area contributed by atoms with E-state index in [4.69, 9.17) is 5.11 Å². The second-order valence-corrected chi connectivity index (χ2v) is 4.93. The minimum Gasteiger partial charge on any atom is -0.394 e. The largest absolute Gasteiger partial charge is 0.394 e. The van der Waals surface area contributed by atoms with Crippen molar-refractivity contribution in [3.05, 3.63) is 34.1 Å². The Kier molecular flexibility index (Phi) is 2.99. The molecule has 0 spiro atoms. The molecule has 16 heavy (non-hydrogen) atoms. The zero-order valence-corrected chi connectivity index (χ0v) is 10.1. The van der Waals surface area contributed by atoms with E-state index in [1.165, 1.54) is 18.2 Å². The van der Waals surface area contributed by atoms with Gasteiger partial charge in [-0.1, -0.05) is 15.9 Å². The number of hydrogen-bond acceptors (Lipinski definition) is 2. The van der Waals surface area contributed by atoms with Gasteiger partial charge in [0.15, 0.2) is 0 Å². The molecule has 5 heteroatoms. The van der Waals surface area contributed by atoms with Crippen molar-refractivity contribution < 1.29 is 14.3 Å². The molecule has 1 aliphatic carbocycles. The Balaban J connectivity index is 2.17. The number of carbonyl (C=O) groups excluding carboxylic acids is 1. The maximum atomic E-state index is 13.4. The second kappa shape index (κ2) is 4.14. The van der Waals surface area contributed by atoms with Crippen molar-refractivity contribution >= 4 is 21.8 Å². The van der Waals surface area contributed by atoms with E-state index in [9.17, 15) is 9.18 Å². The van der Waals surface area contributed by atoms with Crippen LogP contribution in [0.1, 0.15) is 23.2 Å². The molecule has 1 amide bonds. The number of nitrogens with one attached hydrogen (secondary N) is 1. The lowest BCUT2D eigenvalue weighted by atomic mass is 10.2. The van der Waals surface area contributed by atoms with Gasteiger partial charge in [-0.05, 0) is 31.0 Å². The van der Waals surface area contributed by atoms with Gasteiger partial charge in [0.25, 0.3) is 5.91 Å². The van der Waals surface area contributed by atoms with Crippen LogP contribution in [0.3, 0.4) is 0 Å². The van der Waals surface area contributed by atoms with Crippen molar-refractivity contribution in [1.82, 2.24) is 5.32 Å². The van der Waals surface area contributed by atoms with Crippen LogP contribution < -0.4 is 5.32 Å². The van der Waals surface area contributed by atoms with Crippen LogP contribution in [0.25, 0.3) is 0 Å². The summed E-state index contributed by atoms with van der Waals surface area (Å²) in [4.78, 5) is 11.7. The predicted molar refractivity (Wildman–Crippen MR) is 60.6 cm³/mol. The Morgan fingerprint density at radius 2 is 2.25 bits per heavy atom. The molecule has 86 valence electrons. The van der Waals surface area contributed by atoms with Crippen LogP contribution in [0, 0.1) is 5.82 Å². The third kappa shape index (κ3) is 2.25. The fourth-order valence-electron chi connectivity index (χ4n) is 1.45. The van der Waals surface area contributed by atoms with Gasteiger partial charge in [-0.3, -0.25) is 4.79 Å². The molecule has 1 fully saturated rings. The first-order valence-electron chi connectivity index (χ1n) is 4.95. The monoisotopic (exact) mass is 287 g/mol. The van der Waals surface area contributed by atoms with Crippen LogP contribution in [0.4, 0.5) is 4.39 Å². The molecule has 1 aromatic rings. The van der Waals surface area contributed by atoms with Gasteiger partial charge >= 0.3 is 0 Å².